The number of nitro groups is 1. The highest BCUT2D eigenvalue weighted by atomic mass is 32.2. The number of nitro benzene ring substituents is 1. The van der Waals surface area contributed by atoms with Crippen LogP contribution in [0.25, 0.3) is 6.08 Å². The van der Waals surface area contributed by atoms with Gasteiger partial charge in [0.05, 0.1) is 4.92 Å². The molecule has 0 N–H and O–H groups in total. The van der Waals surface area contributed by atoms with E-state index in [-0.39, 0.29) is 10.8 Å². The van der Waals surface area contributed by atoms with Crippen LogP contribution in [0.3, 0.4) is 0 Å². The fourth-order valence-electron chi connectivity index (χ4n) is 1.51. The summed E-state index contributed by atoms with van der Waals surface area (Å²) in [6.07, 6.45) is 3.10. The molecule has 20 heavy (non-hydrogen) atoms. The predicted octanol–water partition coefficient (Wildman–Crippen LogP) is 3.93. The number of hydrogen-bond donors (Lipinski definition) is 0. The molecule has 0 fully saturated rings. The van der Waals surface area contributed by atoms with Crippen LogP contribution < -0.4 is 0 Å². The molecule has 0 radical (unpaired) electrons. The first-order chi connectivity index (χ1) is 9.65. The number of hydrogen-bond acceptors (Lipinski definition) is 4. The van der Waals surface area contributed by atoms with Crippen molar-refractivity contribution in [3.05, 3.63) is 76.4 Å². The molecule has 0 heterocycles. The van der Waals surface area contributed by atoms with Crippen molar-refractivity contribution in [2.45, 2.75) is 4.90 Å². The Morgan fingerprint density at radius 1 is 1.05 bits per heavy atom. The zero-order valence-corrected chi connectivity index (χ0v) is 11.2. The third kappa shape index (κ3) is 4.07. The molecule has 0 atom stereocenters. The maximum atomic E-state index is 11.7. The number of carbonyl (C=O) groups is 1. The van der Waals surface area contributed by atoms with E-state index in [1.807, 2.05) is 30.3 Å². The molecule has 0 spiro atoms. The van der Waals surface area contributed by atoms with Crippen LogP contribution in [-0.2, 0) is 4.79 Å². The summed E-state index contributed by atoms with van der Waals surface area (Å²) in [5, 5.41) is 10.4. The van der Waals surface area contributed by atoms with E-state index < -0.39 is 4.92 Å². The minimum Gasteiger partial charge on any atom is -0.282 e. The molecule has 100 valence electrons. The van der Waals surface area contributed by atoms with Gasteiger partial charge in [0.15, 0.2) is 0 Å². The molecule has 0 aliphatic carbocycles. The Bertz CT molecular complexity index is 636. The molecule has 0 saturated carbocycles. The van der Waals surface area contributed by atoms with Crippen molar-refractivity contribution < 1.29 is 9.72 Å². The summed E-state index contributed by atoms with van der Waals surface area (Å²) >= 11 is 1.14. The standard InChI is InChI=1S/C15H11NO3S/c17-15(20-14-4-2-1-3-5-14)11-8-12-6-9-13(10-7-12)16(18)19/h1-11H/b11-8+. The van der Waals surface area contributed by atoms with Gasteiger partial charge in [-0.05, 0) is 47.7 Å². The van der Waals surface area contributed by atoms with Gasteiger partial charge in [0, 0.05) is 17.0 Å². The highest BCUT2D eigenvalue weighted by Crippen LogP contribution is 2.19. The Morgan fingerprint density at radius 2 is 1.70 bits per heavy atom. The quantitative estimate of drug-likeness (QED) is 0.369. The van der Waals surface area contributed by atoms with Crippen LogP contribution in [-0.4, -0.2) is 10.0 Å². The van der Waals surface area contributed by atoms with Crippen LogP contribution in [0.4, 0.5) is 5.69 Å². The fourth-order valence-corrected chi connectivity index (χ4v) is 2.17. The predicted molar refractivity (Wildman–Crippen MR) is 79.4 cm³/mol. The van der Waals surface area contributed by atoms with Gasteiger partial charge in [0.1, 0.15) is 0 Å². The minimum atomic E-state index is -0.454. The summed E-state index contributed by atoms with van der Waals surface area (Å²) in [5.74, 6) is 0. The Morgan fingerprint density at radius 3 is 2.30 bits per heavy atom. The van der Waals surface area contributed by atoms with Gasteiger partial charge in [-0.3, -0.25) is 14.9 Å². The molecule has 0 aromatic heterocycles. The second-order valence-electron chi connectivity index (χ2n) is 3.92. The molecular weight excluding hydrogens is 274 g/mol. The second kappa shape index (κ2) is 6.68. The molecule has 5 heteroatoms. The van der Waals surface area contributed by atoms with Crippen molar-refractivity contribution in [1.82, 2.24) is 0 Å². The van der Waals surface area contributed by atoms with E-state index in [4.69, 9.17) is 0 Å². The van der Waals surface area contributed by atoms with Crippen molar-refractivity contribution in [3.8, 4) is 0 Å². The van der Waals surface area contributed by atoms with E-state index in [0.717, 1.165) is 22.2 Å². The van der Waals surface area contributed by atoms with E-state index in [1.165, 1.54) is 18.2 Å². The zero-order chi connectivity index (χ0) is 14.4. The zero-order valence-electron chi connectivity index (χ0n) is 10.4. The van der Waals surface area contributed by atoms with Gasteiger partial charge in [-0.15, -0.1) is 0 Å². The third-order valence-electron chi connectivity index (χ3n) is 2.48. The summed E-state index contributed by atoms with van der Waals surface area (Å²) in [6.45, 7) is 0. The summed E-state index contributed by atoms with van der Waals surface area (Å²) < 4.78 is 0. The van der Waals surface area contributed by atoms with Crippen LogP contribution >= 0.6 is 11.8 Å². The van der Waals surface area contributed by atoms with E-state index in [0.29, 0.717) is 0 Å². The topological polar surface area (TPSA) is 60.2 Å². The lowest BCUT2D eigenvalue weighted by Crippen LogP contribution is -1.87. The Hall–Kier alpha value is -2.40. The summed E-state index contributed by atoms with van der Waals surface area (Å²) in [4.78, 5) is 22.7. The molecule has 0 unspecified atom stereocenters. The maximum Gasteiger partial charge on any atom is 0.269 e. The lowest BCUT2D eigenvalue weighted by atomic mass is 10.2. The minimum absolute atomic E-state index is 0.0344. The molecule has 0 aliphatic rings. The maximum absolute atomic E-state index is 11.7. The summed E-state index contributed by atoms with van der Waals surface area (Å²) in [7, 11) is 0. The van der Waals surface area contributed by atoms with E-state index in [2.05, 4.69) is 0 Å². The first-order valence-corrected chi connectivity index (χ1v) is 6.66. The first kappa shape index (κ1) is 14.0. The number of thioether (sulfide) groups is 1. The first-order valence-electron chi connectivity index (χ1n) is 5.84. The number of benzene rings is 2. The number of carbonyl (C=O) groups excluding carboxylic acids is 1. The summed E-state index contributed by atoms with van der Waals surface area (Å²) in [6, 6.07) is 15.4. The van der Waals surface area contributed by atoms with Gasteiger partial charge < -0.3 is 0 Å². The summed E-state index contributed by atoms with van der Waals surface area (Å²) in [5.41, 5.74) is 0.782. The molecule has 4 nitrogen and oxygen atoms in total. The molecule has 2 rings (SSSR count). The SMILES string of the molecule is O=C(/C=C/c1ccc([N+](=O)[O-])cc1)Sc1ccccc1. The molecule has 2 aromatic carbocycles. The largest absolute Gasteiger partial charge is 0.282 e. The lowest BCUT2D eigenvalue weighted by molar-refractivity contribution is -0.384. The second-order valence-corrected chi connectivity index (χ2v) is 4.99. The monoisotopic (exact) mass is 285 g/mol. The highest BCUT2D eigenvalue weighted by molar-refractivity contribution is 8.14. The average molecular weight is 285 g/mol. The molecule has 0 aliphatic heterocycles. The van der Waals surface area contributed by atoms with Gasteiger partial charge in [-0.2, -0.15) is 0 Å². The lowest BCUT2D eigenvalue weighted by Gasteiger charge is -1.96. The molecule has 0 bridgehead atoms. The Balaban J connectivity index is 1.98. The molecule has 0 amide bonds. The van der Waals surface area contributed by atoms with Gasteiger partial charge >= 0.3 is 0 Å². The van der Waals surface area contributed by atoms with E-state index in [1.54, 1.807) is 18.2 Å². The number of rotatable bonds is 4. The van der Waals surface area contributed by atoms with Crippen molar-refractivity contribution in [3.63, 3.8) is 0 Å². The van der Waals surface area contributed by atoms with Crippen LogP contribution in [0.5, 0.6) is 0 Å². The smallest absolute Gasteiger partial charge is 0.269 e. The molecular formula is C15H11NO3S. The van der Waals surface area contributed by atoms with Crippen molar-refractivity contribution >= 4 is 28.6 Å². The molecule has 0 saturated heterocycles. The van der Waals surface area contributed by atoms with Crippen molar-refractivity contribution in [1.29, 1.82) is 0 Å². The van der Waals surface area contributed by atoms with Crippen LogP contribution in [0.15, 0.2) is 65.6 Å². The van der Waals surface area contributed by atoms with E-state index in [9.17, 15) is 14.9 Å². The Kier molecular flexibility index (Phi) is 4.68. The van der Waals surface area contributed by atoms with Gasteiger partial charge in [0.25, 0.3) is 5.69 Å². The Labute approximate surface area is 120 Å². The van der Waals surface area contributed by atoms with Crippen LogP contribution in [0.2, 0.25) is 0 Å². The fraction of sp³-hybridized carbons (Fsp3) is 0. The van der Waals surface area contributed by atoms with Gasteiger partial charge in [-0.1, -0.05) is 24.3 Å². The van der Waals surface area contributed by atoms with E-state index >= 15 is 0 Å². The van der Waals surface area contributed by atoms with Crippen LogP contribution in [0, 0.1) is 10.1 Å². The number of non-ortho nitro benzene ring substituents is 1. The van der Waals surface area contributed by atoms with Gasteiger partial charge in [-0.25, -0.2) is 0 Å². The number of nitrogens with zero attached hydrogens (tertiary/aromatic N) is 1. The highest BCUT2D eigenvalue weighted by Gasteiger charge is 2.03. The third-order valence-corrected chi connectivity index (χ3v) is 3.32. The van der Waals surface area contributed by atoms with Gasteiger partial charge in [0.2, 0.25) is 5.12 Å². The van der Waals surface area contributed by atoms with Crippen LogP contribution in [0.1, 0.15) is 5.56 Å². The average Bonchev–Trinajstić information content (AvgIpc) is 2.46. The molecule has 2 aromatic rings. The van der Waals surface area contributed by atoms with Crippen molar-refractivity contribution in [2.24, 2.45) is 0 Å². The van der Waals surface area contributed by atoms with Crippen molar-refractivity contribution in [2.75, 3.05) is 0 Å². The normalized spacial score (nSPS) is 10.6.